The lowest BCUT2D eigenvalue weighted by atomic mass is 9.98. The lowest BCUT2D eigenvalue weighted by Gasteiger charge is -2.32. The van der Waals surface area contributed by atoms with Gasteiger partial charge in [-0.2, -0.15) is 0 Å². The highest BCUT2D eigenvalue weighted by Gasteiger charge is 2.59. The van der Waals surface area contributed by atoms with E-state index in [1.807, 2.05) is 4.98 Å². The molecule has 1 aliphatic heterocycles. The quantitative estimate of drug-likeness (QED) is 0.505. The van der Waals surface area contributed by atoms with Gasteiger partial charge < -0.3 is 14.2 Å². The van der Waals surface area contributed by atoms with Gasteiger partial charge in [0.05, 0.1) is 17.7 Å². The Bertz CT molecular complexity index is 868. The molecular weight excluding hydrogens is 411 g/mol. The highest BCUT2D eigenvalue weighted by atomic mass is 35.5. The summed E-state index contributed by atoms with van der Waals surface area (Å²) in [4.78, 5) is 49.4. The third-order valence-electron chi connectivity index (χ3n) is 4.43. The van der Waals surface area contributed by atoms with Crippen LogP contribution in [0, 0.1) is 11.8 Å². The Kier molecular flexibility index (Phi) is 7.23. The predicted molar refractivity (Wildman–Crippen MR) is 100 cm³/mol. The first-order chi connectivity index (χ1) is 13.5. The third-order valence-corrected chi connectivity index (χ3v) is 4.88. The van der Waals surface area contributed by atoms with E-state index in [0.717, 1.165) is 16.8 Å². The predicted octanol–water partition coefficient (Wildman–Crippen LogP) is 1.15. The molecule has 1 fully saturated rings. The monoisotopic (exact) mass is 434 g/mol. The van der Waals surface area contributed by atoms with Crippen molar-refractivity contribution in [3.63, 3.8) is 0 Å². The molecule has 0 amide bonds. The summed E-state index contributed by atoms with van der Waals surface area (Å²) in [5.41, 5.74) is -3.31. The van der Waals surface area contributed by atoms with Gasteiger partial charge in [-0.1, -0.05) is 27.7 Å². The highest BCUT2D eigenvalue weighted by Crippen LogP contribution is 2.42. The fourth-order valence-electron chi connectivity index (χ4n) is 2.71. The van der Waals surface area contributed by atoms with Gasteiger partial charge in [-0.15, -0.1) is 11.6 Å². The second-order valence-electron chi connectivity index (χ2n) is 7.44. The molecule has 0 saturated carbocycles. The molecule has 1 N–H and O–H groups in total. The second kappa shape index (κ2) is 9.08. The average Bonchev–Trinajstić information content (AvgIpc) is 2.92. The van der Waals surface area contributed by atoms with Crippen molar-refractivity contribution in [3.05, 3.63) is 33.1 Å². The summed E-state index contributed by atoms with van der Waals surface area (Å²) in [5, 5.41) is 0. The van der Waals surface area contributed by atoms with E-state index < -0.39 is 65.7 Å². The minimum absolute atomic E-state index is 0.385. The van der Waals surface area contributed by atoms with Gasteiger partial charge in [-0.05, 0) is 0 Å². The summed E-state index contributed by atoms with van der Waals surface area (Å²) in [6, 6.07) is 1.02. The summed E-state index contributed by atoms with van der Waals surface area (Å²) in [5.74, 6) is -2.70. The van der Waals surface area contributed by atoms with Crippen LogP contribution in [0.25, 0.3) is 0 Å². The van der Waals surface area contributed by atoms with Crippen molar-refractivity contribution in [2.24, 2.45) is 11.8 Å². The number of hydrogen-bond acceptors (Lipinski definition) is 7. The molecule has 4 atom stereocenters. The molecule has 1 aromatic heterocycles. The molecule has 0 radical (unpaired) electrons. The van der Waals surface area contributed by atoms with E-state index >= 15 is 4.39 Å². The van der Waals surface area contributed by atoms with Crippen LogP contribution < -0.4 is 11.2 Å². The van der Waals surface area contributed by atoms with Crippen molar-refractivity contribution < 1.29 is 28.2 Å². The first kappa shape index (κ1) is 23.1. The van der Waals surface area contributed by atoms with Crippen LogP contribution in [0.1, 0.15) is 33.9 Å². The zero-order chi connectivity index (χ0) is 21.9. The Labute approximate surface area is 171 Å². The van der Waals surface area contributed by atoms with Gasteiger partial charge >= 0.3 is 17.6 Å². The number of carbonyl (C=O) groups excluding carboxylic acids is 2. The maximum atomic E-state index is 15.4. The fraction of sp³-hybridized carbons (Fsp3) is 0.667. The number of aromatic nitrogens is 2. The minimum atomic E-state index is -2.02. The van der Waals surface area contributed by atoms with E-state index in [4.69, 9.17) is 25.8 Å². The molecule has 162 valence electrons. The van der Waals surface area contributed by atoms with Crippen molar-refractivity contribution >= 4 is 23.5 Å². The fourth-order valence-corrected chi connectivity index (χ4v) is 3.00. The summed E-state index contributed by atoms with van der Waals surface area (Å²) < 4.78 is 32.4. The van der Waals surface area contributed by atoms with Crippen molar-refractivity contribution in [1.82, 2.24) is 9.55 Å². The summed E-state index contributed by atoms with van der Waals surface area (Å²) in [6.45, 7) is 5.87. The van der Waals surface area contributed by atoms with Crippen molar-refractivity contribution in [2.45, 2.75) is 51.8 Å². The first-order valence-electron chi connectivity index (χ1n) is 9.09. The van der Waals surface area contributed by atoms with Crippen LogP contribution in [-0.4, -0.2) is 51.9 Å². The van der Waals surface area contributed by atoms with Crippen LogP contribution in [0.5, 0.6) is 0 Å². The molecule has 0 unspecified atom stereocenters. The van der Waals surface area contributed by atoms with Gasteiger partial charge in [0.1, 0.15) is 6.61 Å². The average molecular weight is 435 g/mol. The number of aromatic amines is 1. The molecule has 9 nitrogen and oxygen atoms in total. The zero-order valence-corrected chi connectivity index (χ0v) is 17.3. The van der Waals surface area contributed by atoms with Crippen LogP contribution in [-0.2, 0) is 23.8 Å². The molecule has 1 aliphatic rings. The van der Waals surface area contributed by atoms with E-state index in [-0.39, 0.29) is 5.88 Å². The Hall–Kier alpha value is -2.20. The van der Waals surface area contributed by atoms with Gasteiger partial charge in [-0.3, -0.25) is 23.9 Å². The molecule has 2 heterocycles. The zero-order valence-electron chi connectivity index (χ0n) is 16.5. The van der Waals surface area contributed by atoms with E-state index in [0.29, 0.717) is 0 Å². The van der Waals surface area contributed by atoms with Crippen molar-refractivity contribution in [2.75, 3.05) is 12.5 Å². The van der Waals surface area contributed by atoms with Gasteiger partial charge in [0.25, 0.3) is 5.56 Å². The molecular formula is C18H24ClFN2O7. The van der Waals surface area contributed by atoms with Crippen LogP contribution in [0.15, 0.2) is 21.9 Å². The van der Waals surface area contributed by atoms with E-state index in [9.17, 15) is 19.2 Å². The third kappa shape index (κ3) is 4.87. The number of H-pyrrole nitrogens is 1. The summed E-state index contributed by atoms with van der Waals surface area (Å²) in [7, 11) is 0. The number of ether oxygens (including phenoxy) is 3. The Morgan fingerprint density at radius 1 is 1.28 bits per heavy atom. The molecule has 0 bridgehead atoms. The number of alkyl halides is 2. The largest absolute Gasteiger partial charge is 0.462 e. The van der Waals surface area contributed by atoms with Gasteiger partial charge in [0.2, 0.25) is 0 Å². The first-order valence-corrected chi connectivity index (χ1v) is 9.62. The standard InChI is InChI=1S/C18H24ClFN2O7/c1-9(2)15(24)27-8-18(7-19)13(28-16(25)10(3)4)12(20)14(29-18)22-6-5-11(23)21-17(22)26/h5-6,9-10,12-14H,7-8H2,1-4H3,(H,21,23,26)/t12-,13+,14-,18-/m1/s1. The Balaban J connectivity index is 2.43. The SMILES string of the molecule is CC(C)C(=O)OC[C@@]1(CCl)O[C@@H](n2ccc(=O)[nH]c2=O)[C@H](F)[C@@H]1OC(=O)C(C)C. The smallest absolute Gasteiger partial charge is 0.330 e. The topological polar surface area (TPSA) is 117 Å². The lowest BCUT2D eigenvalue weighted by Crippen LogP contribution is -2.51. The van der Waals surface area contributed by atoms with Crippen LogP contribution in [0.4, 0.5) is 4.39 Å². The van der Waals surface area contributed by atoms with E-state index in [1.54, 1.807) is 27.7 Å². The number of rotatable bonds is 7. The molecule has 0 aliphatic carbocycles. The molecule has 1 saturated heterocycles. The van der Waals surface area contributed by atoms with Gasteiger partial charge in [0, 0.05) is 12.3 Å². The number of esters is 2. The van der Waals surface area contributed by atoms with Crippen LogP contribution in [0.2, 0.25) is 0 Å². The summed E-state index contributed by atoms with van der Waals surface area (Å²) in [6.07, 6.45) is -4.05. The van der Waals surface area contributed by atoms with E-state index in [2.05, 4.69) is 0 Å². The van der Waals surface area contributed by atoms with Gasteiger partial charge in [-0.25, -0.2) is 9.18 Å². The maximum Gasteiger partial charge on any atom is 0.330 e. The normalized spacial score (nSPS) is 26.7. The van der Waals surface area contributed by atoms with Crippen LogP contribution in [0.3, 0.4) is 0 Å². The molecule has 11 heteroatoms. The molecule has 0 aromatic carbocycles. The second-order valence-corrected chi connectivity index (χ2v) is 7.71. The summed E-state index contributed by atoms with van der Waals surface area (Å²) >= 11 is 6.05. The Morgan fingerprint density at radius 2 is 1.90 bits per heavy atom. The Morgan fingerprint density at radius 3 is 2.41 bits per heavy atom. The van der Waals surface area contributed by atoms with E-state index in [1.165, 1.54) is 0 Å². The van der Waals surface area contributed by atoms with Crippen molar-refractivity contribution in [1.29, 1.82) is 0 Å². The maximum absolute atomic E-state index is 15.4. The number of nitrogens with zero attached hydrogens (tertiary/aromatic N) is 1. The molecule has 1 aromatic rings. The minimum Gasteiger partial charge on any atom is -0.462 e. The molecule has 0 spiro atoms. The lowest BCUT2D eigenvalue weighted by molar-refractivity contribution is -0.177. The molecule has 2 rings (SSSR count). The highest BCUT2D eigenvalue weighted by molar-refractivity contribution is 6.18. The molecule has 29 heavy (non-hydrogen) atoms. The van der Waals surface area contributed by atoms with Gasteiger partial charge in [0.15, 0.2) is 24.1 Å². The number of hydrogen-bond donors (Lipinski definition) is 1. The van der Waals surface area contributed by atoms with Crippen molar-refractivity contribution in [3.8, 4) is 0 Å². The van der Waals surface area contributed by atoms with Crippen LogP contribution >= 0.6 is 11.6 Å². The number of halogens is 2. The number of nitrogens with one attached hydrogen (secondary N) is 1. The number of carbonyl (C=O) groups is 2.